The topological polar surface area (TPSA) is 210 Å². The molecule has 1 aliphatic carbocycles. The molecule has 6 unspecified atom stereocenters. The highest BCUT2D eigenvalue weighted by Gasteiger charge is 2.51. The van der Waals surface area contributed by atoms with Gasteiger partial charge in [0, 0.05) is 12.8 Å². The Bertz CT molecular complexity index is 1050. The largest absolute Gasteiger partial charge is 0.472 e. The summed E-state index contributed by atoms with van der Waals surface area (Å²) in [6.07, 6.45) is 23.3. The summed E-state index contributed by atoms with van der Waals surface area (Å²) in [6, 6.07) is 0. The van der Waals surface area contributed by atoms with Crippen molar-refractivity contribution in [3.63, 3.8) is 0 Å². The first-order chi connectivity index (χ1) is 28.4. The molecule has 1 saturated carbocycles. The molecule has 1 fully saturated rings. The predicted molar refractivity (Wildman–Crippen MR) is 231 cm³/mol. The highest BCUT2D eigenvalue weighted by atomic mass is 31.2. The first-order valence-corrected chi connectivity index (χ1v) is 25.3. The maximum atomic E-state index is 12.8. The zero-order valence-corrected chi connectivity index (χ0v) is 38.0. The van der Waals surface area contributed by atoms with Gasteiger partial charge in [-0.1, -0.05) is 194 Å². The normalized spacial score (nSPS) is 22.2. The number of hydrogen-bond donors (Lipinski definition) is 6. The van der Waals surface area contributed by atoms with Crippen molar-refractivity contribution < 1.29 is 63.1 Å². The van der Waals surface area contributed by atoms with Gasteiger partial charge in [0.2, 0.25) is 0 Å². The molecule has 0 aliphatic heterocycles. The highest BCUT2D eigenvalue weighted by Crippen LogP contribution is 2.47. The SMILES string of the molecule is CCCCCCCCCCCCCCCCCCCCCCCCC(=O)OC(COC(=O)CCCCCCCCCC)COP(=O)(O)OC1C(O)C(O)C(O)C(O)C1O. The standard InChI is InChI=1S/C45H87O13P/c1-3-5-7-9-11-13-14-15-16-17-18-19-20-21-22-23-24-25-26-28-30-32-34-39(47)57-37(35-55-38(46)33-31-29-27-12-10-8-6-4-2)36-56-59(53,54)58-45-43(51)41(49)40(48)42(50)44(45)52/h37,40-45,48-52H,3-36H2,1-2H3,(H,53,54). The average molecular weight is 867 g/mol. The molecule has 0 radical (unpaired) electrons. The molecule has 0 bridgehead atoms. The van der Waals surface area contributed by atoms with Gasteiger partial charge in [-0.3, -0.25) is 18.6 Å². The lowest BCUT2D eigenvalue weighted by molar-refractivity contribution is -0.220. The third-order valence-electron chi connectivity index (χ3n) is 11.4. The van der Waals surface area contributed by atoms with Crippen LogP contribution in [0.25, 0.3) is 0 Å². The van der Waals surface area contributed by atoms with E-state index in [0.29, 0.717) is 12.8 Å². The second kappa shape index (κ2) is 36.3. The molecule has 6 N–H and O–H groups in total. The number of esters is 2. The van der Waals surface area contributed by atoms with Crippen LogP contribution in [0.2, 0.25) is 0 Å². The summed E-state index contributed by atoms with van der Waals surface area (Å²) in [4.78, 5) is 35.5. The molecule has 350 valence electrons. The zero-order valence-electron chi connectivity index (χ0n) is 37.1. The maximum Gasteiger partial charge on any atom is 0.472 e. The molecule has 0 aromatic heterocycles. The van der Waals surface area contributed by atoms with E-state index >= 15 is 0 Å². The van der Waals surface area contributed by atoms with Crippen LogP contribution in [0.5, 0.6) is 0 Å². The Morgan fingerprint density at radius 3 is 1.12 bits per heavy atom. The van der Waals surface area contributed by atoms with Gasteiger partial charge in [-0.25, -0.2) is 4.57 Å². The number of rotatable bonds is 40. The van der Waals surface area contributed by atoms with E-state index in [1.807, 2.05) is 0 Å². The Morgan fingerprint density at radius 2 is 0.763 bits per heavy atom. The fourth-order valence-corrected chi connectivity index (χ4v) is 8.56. The number of ether oxygens (including phenoxy) is 2. The van der Waals surface area contributed by atoms with E-state index < -0.39 is 75.7 Å². The van der Waals surface area contributed by atoms with Crippen LogP contribution in [0.15, 0.2) is 0 Å². The van der Waals surface area contributed by atoms with Crippen molar-refractivity contribution in [3.05, 3.63) is 0 Å². The second-order valence-electron chi connectivity index (χ2n) is 17.0. The molecule has 0 heterocycles. The molecule has 0 aromatic carbocycles. The second-order valence-corrected chi connectivity index (χ2v) is 18.4. The summed E-state index contributed by atoms with van der Waals surface area (Å²) < 4.78 is 33.4. The van der Waals surface area contributed by atoms with Crippen LogP contribution in [0.4, 0.5) is 0 Å². The van der Waals surface area contributed by atoms with Crippen LogP contribution in [-0.2, 0) is 32.7 Å². The molecule has 1 aliphatic rings. The summed E-state index contributed by atoms with van der Waals surface area (Å²) in [5, 5.41) is 50.1. The molecule has 0 saturated heterocycles. The zero-order chi connectivity index (χ0) is 43.6. The molecule has 0 aromatic rings. The lowest BCUT2D eigenvalue weighted by Gasteiger charge is -2.41. The number of aliphatic hydroxyl groups is 5. The van der Waals surface area contributed by atoms with Crippen molar-refractivity contribution in [1.29, 1.82) is 0 Å². The van der Waals surface area contributed by atoms with Crippen molar-refractivity contribution in [2.75, 3.05) is 13.2 Å². The van der Waals surface area contributed by atoms with Gasteiger partial charge in [0.05, 0.1) is 6.61 Å². The van der Waals surface area contributed by atoms with E-state index in [0.717, 1.165) is 38.5 Å². The van der Waals surface area contributed by atoms with Gasteiger partial charge in [-0.15, -0.1) is 0 Å². The summed E-state index contributed by atoms with van der Waals surface area (Å²) in [5.41, 5.74) is 0. The number of carbonyl (C=O) groups is 2. The van der Waals surface area contributed by atoms with Crippen molar-refractivity contribution in [1.82, 2.24) is 0 Å². The van der Waals surface area contributed by atoms with Gasteiger partial charge in [0.25, 0.3) is 0 Å². The lowest BCUT2D eigenvalue weighted by Crippen LogP contribution is -2.64. The number of carbonyl (C=O) groups excluding carboxylic acids is 2. The van der Waals surface area contributed by atoms with Gasteiger partial charge in [0.15, 0.2) is 6.10 Å². The molecule has 0 spiro atoms. The van der Waals surface area contributed by atoms with Crippen molar-refractivity contribution in [2.45, 2.75) is 262 Å². The monoisotopic (exact) mass is 867 g/mol. The van der Waals surface area contributed by atoms with E-state index in [1.54, 1.807) is 0 Å². The van der Waals surface area contributed by atoms with Crippen LogP contribution >= 0.6 is 7.82 Å². The summed E-state index contributed by atoms with van der Waals surface area (Å²) >= 11 is 0. The van der Waals surface area contributed by atoms with Crippen LogP contribution < -0.4 is 0 Å². The highest BCUT2D eigenvalue weighted by molar-refractivity contribution is 7.47. The minimum Gasteiger partial charge on any atom is -0.462 e. The van der Waals surface area contributed by atoms with E-state index in [2.05, 4.69) is 13.8 Å². The quantitative estimate of drug-likeness (QED) is 0.0193. The van der Waals surface area contributed by atoms with E-state index in [9.17, 15) is 44.6 Å². The van der Waals surface area contributed by atoms with Gasteiger partial charge >= 0.3 is 19.8 Å². The number of aliphatic hydroxyl groups excluding tert-OH is 5. The van der Waals surface area contributed by atoms with Gasteiger partial charge in [-0.05, 0) is 12.8 Å². The summed E-state index contributed by atoms with van der Waals surface area (Å²) in [5.74, 6) is -1.09. The Balaban J connectivity index is 2.33. The molecule has 1 rings (SSSR count). The molecule has 0 amide bonds. The minimum atomic E-state index is -5.10. The van der Waals surface area contributed by atoms with Crippen LogP contribution in [0.3, 0.4) is 0 Å². The summed E-state index contributed by atoms with van der Waals surface area (Å²) in [7, 11) is -5.10. The number of hydrogen-bond acceptors (Lipinski definition) is 12. The average Bonchev–Trinajstić information content (AvgIpc) is 3.21. The van der Waals surface area contributed by atoms with E-state index in [-0.39, 0.29) is 12.8 Å². The number of unbranched alkanes of at least 4 members (excludes halogenated alkanes) is 28. The molecule has 6 atom stereocenters. The van der Waals surface area contributed by atoms with Crippen LogP contribution in [0, 0.1) is 0 Å². The third-order valence-corrected chi connectivity index (χ3v) is 12.4. The maximum absolute atomic E-state index is 12.8. The molecule has 59 heavy (non-hydrogen) atoms. The number of phosphoric ester groups is 1. The Labute approximate surface area is 357 Å². The van der Waals surface area contributed by atoms with Crippen molar-refractivity contribution >= 4 is 19.8 Å². The molecular weight excluding hydrogens is 779 g/mol. The molecule has 13 nitrogen and oxygen atoms in total. The fraction of sp³-hybridized carbons (Fsp3) is 0.956. The van der Waals surface area contributed by atoms with Crippen LogP contribution in [-0.4, -0.2) is 98.3 Å². The van der Waals surface area contributed by atoms with Crippen molar-refractivity contribution in [2.24, 2.45) is 0 Å². The lowest BCUT2D eigenvalue weighted by atomic mass is 9.85. The minimum absolute atomic E-state index is 0.105. The van der Waals surface area contributed by atoms with Gasteiger partial charge < -0.3 is 39.9 Å². The fourth-order valence-electron chi connectivity index (χ4n) is 7.58. The molecule has 14 heteroatoms. The van der Waals surface area contributed by atoms with Crippen molar-refractivity contribution in [3.8, 4) is 0 Å². The van der Waals surface area contributed by atoms with E-state index in [1.165, 1.54) is 141 Å². The Hall–Kier alpha value is -1.15. The molecular formula is C45H87O13P. The first-order valence-electron chi connectivity index (χ1n) is 23.8. The smallest absolute Gasteiger partial charge is 0.462 e. The first kappa shape index (κ1) is 55.9. The van der Waals surface area contributed by atoms with Crippen LogP contribution in [0.1, 0.15) is 219 Å². The van der Waals surface area contributed by atoms with E-state index in [4.69, 9.17) is 18.5 Å². The summed E-state index contributed by atoms with van der Waals surface area (Å²) in [6.45, 7) is 3.28. The van der Waals surface area contributed by atoms with Gasteiger partial charge in [0.1, 0.15) is 43.2 Å². The Kier molecular flexibility index (Phi) is 34.4. The predicted octanol–water partition coefficient (Wildman–Crippen LogP) is 9.28. The third kappa shape index (κ3) is 29.0. The number of phosphoric acid groups is 1. The Morgan fingerprint density at radius 1 is 0.458 bits per heavy atom. The van der Waals surface area contributed by atoms with Gasteiger partial charge in [-0.2, -0.15) is 0 Å².